The van der Waals surface area contributed by atoms with Gasteiger partial charge in [-0.2, -0.15) is 0 Å². The van der Waals surface area contributed by atoms with Gasteiger partial charge in [0.25, 0.3) is 0 Å². The van der Waals surface area contributed by atoms with E-state index in [2.05, 4.69) is 5.32 Å². The third kappa shape index (κ3) is 2.60. The molecular formula is C13H10FNO2. The summed E-state index contributed by atoms with van der Waals surface area (Å²) < 4.78 is 13.0. The second-order valence-corrected chi connectivity index (χ2v) is 3.49. The van der Waals surface area contributed by atoms with E-state index in [0.717, 1.165) is 0 Å². The minimum absolute atomic E-state index is 0.150. The number of carboxylic acid groups (broad SMARTS) is 1. The molecule has 0 unspecified atom stereocenters. The minimum Gasteiger partial charge on any atom is -0.478 e. The Morgan fingerprint density at radius 1 is 1.12 bits per heavy atom. The molecule has 86 valence electrons. The normalized spacial score (nSPS) is 9.94. The summed E-state index contributed by atoms with van der Waals surface area (Å²) in [7, 11) is 0. The monoisotopic (exact) mass is 231 g/mol. The van der Waals surface area contributed by atoms with Crippen molar-refractivity contribution >= 4 is 17.3 Å². The predicted molar refractivity (Wildman–Crippen MR) is 63.1 cm³/mol. The summed E-state index contributed by atoms with van der Waals surface area (Å²) in [4.78, 5) is 11.0. The van der Waals surface area contributed by atoms with Gasteiger partial charge in [-0.3, -0.25) is 0 Å². The lowest BCUT2D eigenvalue weighted by molar-refractivity contribution is 0.0698. The van der Waals surface area contributed by atoms with E-state index in [9.17, 15) is 9.18 Å². The van der Waals surface area contributed by atoms with Gasteiger partial charge in [-0.15, -0.1) is 0 Å². The summed E-state index contributed by atoms with van der Waals surface area (Å²) in [6.45, 7) is 0. The molecule has 0 saturated heterocycles. The molecule has 0 amide bonds. The van der Waals surface area contributed by atoms with Crippen LogP contribution in [0.25, 0.3) is 0 Å². The fourth-order valence-electron chi connectivity index (χ4n) is 1.50. The molecule has 0 atom stereocenters. The zero-order valence-electron chi connectivity index (χ0n) is 8.85. The smallest absolute Gasteiger partial charge is 0.337 e. The fourth-order valence-corrected chi connectivity index (χ4v) is 1.50. The number of anilines is 2. The van der Waals surface area contributed by atoms with Crippen LogP contribution in [0.2, 0.25) is 0 Å². The molecule has 0 aliphatic rings. The van der Waals surface area contributed by atoms with Crippen LogP contribution < -0.4 is 5.32 Å². The van der Waals surface area contributed by atoms with E-state index in [-0.39, 0.29) is 11.4 Å². The molecule has 0 fully saturated rings. The highest BCUT2D eigenvalue weighted by Crippen LogP contribution is 2.21. The highest BCUT2D eigenvalue weighted by Gasteiger charge is 2.08. The Hall–Kier alpha value is -2.36. The first kappa shape index (κ1) is 11.1. The van der Waals surface area contributed by atoms with Crippen molar-refractivity contribution in [3.63, 3.8) is 0 Å². The zero-order valence-corrected chi connectivity index (χ0v) is 8.85. The lowest BCUT2D eigenvalue weighted by Gasteiger charge is -2.09. The van der Waals surface area contributed by atoms with Crippen LogP contribution in [-0.4, -0.2) is 11.1 Å². The Labute approximate surface area is 97.5 Å². The van der Waals surface area contributed by atoms with Crippen molar-refractivity contribution in [1.82, 2.24) is 0 Å². The van der Waals surface area contributed by atoms with Crippen LogP contribution in [0, 0.1) is 5.82 Å². The zero-order chi connectivity index (χ0) is 12.3. The summed E-state index contributed by atoms with van der Waals surface area (Å²) in [5, 5.41) is 11.9. The predicted octanol–water partition coefficient (Wildman–Crippen LogP) is 3.27. The highest BCUT2D eigenvalue weighted by molar-refractivity contribution is 5.95. The molecule has 0 aromatic heterocycles. The van der Waals surface area contributed by atoms with Gasteiger partial charge in [-0.1, -0.05) is 18.2 Å². The summed E-state index contributed by atoms with van der Waals surface area (Å²) in [6.07, 6.45) is 0. The number of rotatable bonds is 3. The van der Waals surface area contributed by atoms with E-state index in [0.29, 0.717) is 11.4 Å². The average Bonchev–Trinajstić information content (AvgIpc) is 2.29. The van der Waals surface area contributed by atoms with Crippen molar-refractivity contribution in [3.8, 4) is 0 Å². The standard InChI is InChI=1S/C13H10FNO2/c14-9-4-3-5-10(8-9)15-12-7-2-1-6-11(12)13(16)17/h1-8,15H,(H,16,17). The molecule has 3 nitrogen and oxygen atoms in total. The molecular weight excluding hydrogens is 221 g/mol. The summed E-state index contributed by atoms with van der Waals surface area (Å²) in [6, 6.07) is 12.3. The maximum absolute atomic E-state index is 13.0. The number of hydrogen-bond donors (Lipinski definition) is 2. The number of carbonyl (C=O) groups is 1. The largest absolute Gasteiger partial charge is 0.478 e. The first-order valence-electron chi connectivity index (χ1n) is 5.02. The molecule has 2 aromatic rings. The summed E-state index contributed by atoms with van der Waals surface area (Å²) in [5.41, 5.74) is 1.10. The first-order valence-corrected chi connectivity index (χ1v) is 5.02. The van der Waals surface area contributed by atoms with E-state index < -0.39 is 5.97 Å². The third-order valence-corrected chi connectivity index (χ3v) is 2.26. The summed E-state index contributed by atoms with van der Waals surface area (Å²) in [5.74, 6) is -1.40. The molecule has 0 radical (unpaired) electrons. The second kappa shape index (κ2) is 4.65. The van der Waals surface area contributed by atoms with Crippen molar-refractivity contribution in [2.45, 2.75) is 0 Å². The van der Waals surface area contributed by atoms with E-state index in [4.69, 9.17) is 5.11 Å². The van der Waals surface area contributed by atoms with Gasteiger partial charge in [0.15, 0.2) is 0 Å². The number of aromatic carboxylic acids is 1. The Morgan fingerprint density at radius 2 is 1.88 bits per heavy atom. The molecule has 0 saturated carbocycles. The second-order valence-electron chi connectivity index (χ2n) is 3.49. The molecule has 2 N–H and O–H groups in total. The van der Waals surface area contributed by atoms with Crippen LogP contribution in [0.3, 0.4) is 0 Å². The minimum atomic E-state index is -1.02. The Morgan fingerprint density at radius 3 is 2.59 bits per heavy atom. The molecule has 2 rings (SSSR count). The van der Waals surface area contributed by atoms with Gasteiger partial charge in [0.1, 0.15) is 5.82 Å². The SMILES string of the molecule is O=C(O)c1ccccc1Nc1cccc(F)c1. The lowest BCUT2D eigenvalue weighted by atomic mass is 10.1. The molecule has 4 heteroatoms. The van der Waals surface area contributed by atoms with E-state index >= 15 is 0 Å². The molecule has 0 bridgehead atoms. The first-order chi connectivity index (χ1) is 8.16. The maximum atomic E-state index is 13.0. The van der Waals surface area contributed by atoms with Crippen LogP contribution >= 0.6 is 0 Å². The average molecular weight is 231 g/mol. The van der Waals surface area contributed by atoms with Crippen LogP contribution in [-0.2, 0) is 0 Å². The number of halogens is 1. The van der Waals surface area contributed by atoms with Gasteiger partial charge in [0.05, 0.1) is 11.3 Å². The number of para-hydroxylation sites is 1. The topological polar surface area (TPSA) is 49.3 Å². The van der Waals surface area contributed by atoms with Gasteiger partial charge in [0, 0.05) is 5.69 Å². The number of carboxylic acids is 1. The van der Waals surface area contributed by atoms with Crippen molar-refractivity contribution in [2.24, 2.45) is 0 Å². The molecule has 0 heterocycles. The molecule has 0 aliphatic heterocycles. The van der Waals surface area contributed by atoms with Crippen molar-refractivity contribution < 1.29 is 14.3 Å². The molecule has 0 aliphatic carbocycles. The Bertz CT molecular complexity index is 555. The number of benzene rings is 2. The Kier molecular flexibility index (Phi) is 3.05. The summed E-state index contributed by atoms with van der Waals surface area (Å²) >= 11 is 0. The van der Waals surface area contributed by atoms with Gasteiger partial charge in [-0.25, -0.2) is 9.18 Å². The van der Waals surface area contributed by atoms with Crippen LogP contribution in [0.15, 0.2) is 48.5 Å². The van der Waals surface area contributed by atoms with Crippen LogP contribution in [0.1, 0.15) is 10.4 Å². The van der Waals surface area contributed by atoms with Gasteiger partial charge < -0.3 is 10.4 Å². The number of hydrogen-bond acceptors (Lipinski definition) is 2. The Balaban J connectivity index is 2.33. The maximum Gasteiger partial charge on any atom is 0.337 e. The van der Waals surface area contributed by atoms with Gasteiger partial charge >= 0.3 is 5.97 Å². The van der Waals surface area contributed by atoms with Crippen molar-refractivity contribution in [1.29, 1.82) is 0 Å². The van der Waals surface area contributed by atoms with Gasteiger partial charge in [-0.05, 0) is 30.3 Å². The molecule has 2 aromatic carbocycles. The van der Waals surface area contributed by atoms with Crippen LogP contribution in [0.5, 0.6) is 0 Å². The highest BCUT2D eigenvalue weighted by atomic mass is 19.1. The third-order valence-electron chi connectivity index (χ3n) is 2.26. The lowest BCUT2D eigenvalue weighted by Crippen LogP contribution is -2.02. The van der Waals surface area contributed by atoms with Crippen molar-refractivity contribution in [3.05, 3.63) is 59.9 Å². The molecule has 17 heavy (non-hydrogen) atoms. The van der Waals surface area contributed by atoms with Gasteiger partial charge in [0.2, 0.25) is 0 Å². The van der Waals surface area contributed by atoms with E-state index in [1.54, 1.807) is 30.3 Å². The van der Waals surface area contributed by atoms with E-state index in [1.165, 1.54) is 18.2 Å². The quantitative estimate of drug-likeness (QED) is 0.852. The number of nitrogens with one attached hydrogen (secondary N) is 1. The fraction of sp³-hybridized carbons (Fsp3) is 0. The van der Waals surface area contributed by atoms with Crippen LogP contribution in [0.4, 0.5) is 15.8 Å². The van der Waals surface area contributed by atoms with E-state index in [1.807, 2.05) is 0 Å². The molecule has 0 spiro atoms. The van der Waals surface area contributed by atoms with Crippen molar-refractivity contribution in [2.75, 3.05) is 5.32 Å².